The van der Waals surface area contributed by atoms with Crippen LogP contribution in [0.25, 0.3) is 0 Å². The van der Waals surface area contributed by atoms with E-state index in [2.05, 4.69) is 5.32 Å². The molecule has 1 aliphatic heterocycles. The van der Waals surface area contributed by atoms with E-state index in [0.29, 0.717) is 18.9 Å². The quantitative estimate of drug-likeness (QED) is 0.660. The number of amides is 1. The first kappa shape index (κ1) is 19.4. The SMILES string of the molecule is CC(C)CCN(CCC(=O)NC1CCS(=O)(=O)C1)S(C)(=O)=O. The zero-order valence-electron chi connectivity index (χ0n) is 13.4. The number of sulfone groups is 1. The smallest absolute Gasteiger partial charge is 0.221 e. The van der Waals surface area contributed by atoms with Crippen LogP contribution in [0.3, 0.4) is 0 Å². The molecule has 0 bridgehead atoms. The van der Waals surface area contributed by atoms with Gasteiger partial charge in [-0.1, -0.05) is 13.8 Å². The van der Waals surface area contributed by atoms with Gasteiger partial charge in [0.05, 0.1) is 17.8 Å². The molecule has 1 rings (SSSR count). The summed E-state index contributed by atoms with van der Waals surface area (Å²) in [5.74, 6) is 0.144. The Balaban J connectivity index is 2.45. The van der Waals surface area contributed by atoms with E-state index >= 15 is 0 Å². The molecule has 1 heterocycles. The maximum absolute atomic E-state index is 11.9. The summed E-state index contributed by atoms with van der Waals surface area (Å²) in [4.78, 5) is 11.9. The lowest BCUT2D eigenvalue weighted by atomic mass is 10.1. The van der Waals surface area contributed by atoms with Gasteiger partial charge in [0, 0.05) is 25.6 Å². The van der Waals surface area contributed by atoms with E-state index < -0.39 is 19.9 Å². The van der Waals surface area contributed by atoms with Crippen molar-refractivity contribution in [2.75, 3.05) is 30.9 Å². The third-order valence-corrected chi connectivity index (χ3v) is 6.68. The van der Waals surface area contributed by atoms with Crippen LogP contribution in [0.5, 0.6) is 0 Å². The van der Waals surface area contributed by atoms with Crippen molar-refractivity contribution in [2.45, 2.75) is 39.2 Å². The first-order valence-electron chi connectivity index (χ1n) is 7.44. The van der Waals surface area contributed by atoms with E-state index in [1.165, 1.54) is 4.31 Å². The largest absolute Gasteiger partial charge is 0.352 e. The number of nitrogens with one attached hydrogen (secondary N) is 1. The Morgan fingerprint density at radius 2 is 1.95 bits per heavy atom. The van der Waals surface area contributed by atoms with Gasteiger partial charge >= 0.3 is 0 Å². The molecule has 0 aromatic carbocycles. The lowest BCUT2D eigenvalue weighted by molar-refractivity contribution is -0.121. The fourth-order valence-corrected chi connectivity index (χ4v) is 4.81. The average Bonchev–Trinajstić information content (AvgIpc) is 2.66. The van der Waals surface area contributed by atoms with E-state index in [1.54, 1.807) is 0 Å². The summed E-state index contributed by atoms with van der Waals surface area (Å²) < 4.78 is 47.4. The highest BCUT2D eigenvalue weighted by Gasteiger charge is 2.29. The number of carbonyl (C=O) groups excluding carboxylic acids is 1. The first-order chi connectivity index (χ1) is 9.99. The average molecular weight is 354 g/mol. The number of sulfonamides is 1. The van der Waals surface area contributed by atoms with E-state index in [1.807, 2.05) is 13.8 Å². The summed E-state index contributed by atoms with van der Waals surface area (Å²) in [6.45, 7) is 4.53. The summed E-state index contributed by atoms with van der Waals surface area (Å²) in [6.07, 6.45) is 2.34. The Morgan fingerprint density at radius 3 is 2.41 bits per heavy atom. The fraction of sp³-hybridized carbons (Fsp3) is 0.923. The molecule has 1 fully saturated rings. The fourth-order valence-electron chi connectivity index (χ4n) is 2.28. The van der Waals surface area contributed by atoms with Crippen molar-refractivity contribution < 1.29 is 21.6 Å². The molecule has 7 nitrogen and oxygen atoms in total. The summed E-state index contributed by atoms with van der Waals surface area (Å²) in [5, 5.41) is 2.67. The highest BCUT2D eigenvalue weighted by Crippen LogP contribution is 2.12. The van der Waals surface area contributed by atoms with Crippen LogP contribution >= 0.6 is 0 Å². The monoisotopic (exact) mass is 354 g/mol. The maximum Gasteiger partial charge on any atom is 0.221 e. The summed E-state index contributed by atoms with van der Waals surface area (Å²) in [7, 11) is -6.38. The molecule has 0 aromatic rings. The van der Waals surface area contributed by atoms with E-state index in [9.17, 15) is 21.6 Å². The molecule has 130 valence electrons. The lowest BCUT2D eigenvalue weighted by Crippen LogP contribution is -2.39. The van der Waals surface area contributed by atoms with Crippen molar-refractivity contribution in [3.63, 3.8) is 0 Å². The standard InChI is InChI=1S/C13H26N2O5S2/c1-11(2)4-7-15(21(3,17)18)8-5-13(16)14-12-6-9-22(19,20)10-12/h11-12H,4-10H2,1-3H3,(H,14,16). The van der Waals surface area contributed by atoms with Gasteiger partial charge in [-0.05, 0) is 18.8 Å². The molecule has 1 unspecified atom stereocenters. The van der Waals surface area contributed by atoms with Crippen molar-refractivity contribution in [3.05, 3.63) is 0 Å². The van der Waals surface area contributed by atoms with E-state index in [0.717, 1.165) is 12.7 Å². The topological polar surface area (TPSA) is 101 Å². The van der Waals surface area contributed by atoms with E-state index in [4.69, 9.17) is 0 Å². The molecule has 1 aliphatic rings. The van der Waals surface area contributed by atoms with Gasteiger partial charge in [-0.3, -0.25) is 4.79 Å². The minimum Gasteiger partial charge on any atom is -0.352 e. The van der Waals surface area contributed by atoms with Crippen molar-refractivity contribution >= 4 is 25.8 Å². The minimum absolute atomic E-state index is 0.0259. The molecule has 0 aromatic heterocycles. The second-order valence-corrected chi connectivity index (χ2v) is 10.5. The second-order valence-electron chi connectivity index (χ2n) is 6.26. The van der Waals surface area contributed by atoms with E-state index in [-0.39, 0.29) is 36.4 Å². The number of hydrogen-bond donors (Lipinski definition) is 1. The highest BCUT2D eigenvalue weighted by molar-refractivity contribution is 7.91. The molecular formula is C13H26N2O5S2. The second kappa shape index (κ2) is 7.74. The Hall–Kier alpha value is -0.670. The summed E-state index contributed by atoms with van der Waals surface area (Å²) in [5.41, 5.74) is 0. The van der Waals surface area contributed by atoms with Gasteiger partial charge in [0.1, 0.15) is 0 Å². The molecule has 1 atom stereocenters. The molecule has 1 amide bonds. The molecule has 0 aliphatic carbocycles. The molecule has 22 heavy (non-hydrogen) atoms. The Labute approximate surface area is 133 Å². The number of carbonyl (C=O) groups is 1. The van der Waals surface area contributed by atoms with Crippen LogP contribution in [0.15, 0.2) is 0 Å². The Kier molecular flexibility index (Phi) is 6.82. The molecule has 1 saturated heterocycles. The van der Waals surface area contributed by atoms with Crippen LogP contribution in [0, 0.1) is 5.92 Å². The zero-order valence-corrected chi connectivity index (χ0v) is 15.0. The Bertz CT molecular complexity index is 584. The summed E-state index contributed by atoms with van der Waals surface area (Å²) >= 11 is 0. The van der Waals surface area contributed by atoms with Gasteiger partial charge in [0.2, 0.25) is 15.9 Å². The predicted octanol–water partition coefficient (Wildman–Crippen LogP) is -0.0125. The molecule has 0 saturated carbocycles. The number of hydrogen-bond acceptors (Lipinski definition) is 5. The van der Waals surface area contributed by atoms with Crippen molar-refractivity contribution in [2.24, 2.45) is 5.92 Å². The lowest BCUT2D eigenvalue weighted by Gasteiger charge is -2.21. The molecular weight excluding hydrogens is 328 g/mol. The molecule has 1 N–H and O–H groups in total. The van der Waals surface area contributed by atoms with Crippen molar-refractivity contribution in [1.29, 1.82) is 0 Å². The van der Waals surface area contributed by atoms with Gasteiger partial charge < -0.3 is 5.32 Å². The number of nitrogens with zero attached hydrogens (tertiary/aromatic N) is 1. The van der Waals surface area contributed by atoms with Gasteiger partial charge in [-0.2, -0.15) is 0 Å². The highest BCUT2D eigenvalue weighted by atomic mass is 32.2. The zero-order chi connectivity index (χ0) is 17.0. The van der Waals surface area contributed by atoms with Gasteiger partial charge in [-0.15, -0.1) is 0 Å². The van der Waals surface area contributed by atoms with Crippen LogP contribution in [0.4, 0.5) is 0 Å². The third kappa shape index (κ3) is 7.06. The van der Waals surface area contributed by atoms with Crippen LogP contribution in [-0.2, 0) is 24.7 Å². The van der Waals surface area contributed by atoms with Crippen molar-refractivity contribution in [1.82, 2.24) is 9.62 Å². The summed E-state index contributed by atoms with van der Waals surface area (Å²) in [6, 6.07) is -0.347. The predicted molar refractivity (Wildman–Crippen MR) is 85.7 cm³/mol. The molecule has 0 radical (unpaired) electrons. The van der Waals surface area contributed by atoms with Crippen LogP contribution in [-0.4, -0.2) is 63.9 Å². The van der Waals surface area contributed by atoms with Gasteiger partial charge in [-0.25, -0.2) is 21.1 Å². The minimum atomic E-state index is -3.34. The van der Waals surface area contributed by atoms with Gasteiger partial charge in [0.15, 0.2) is 9.84 Å². The third-order valence-electron chi connectivity index (χ3n) is 3.61. The molecule has 0 spiro atoms. The van der Waals surface area contributed by atoms with Gasteiger partial charge in [0.25, 0.3) is 0 Å². The first-order valence-corrected chi connectivity index (χ1v) is 11.1. The normalized spacial score (nSPS) is 21.4. The van der Waals surface area contributed by atoms with Crippen LogP contribution in [0.1, 0.15) is 33.1 Å². The number of rotatable bonds is 8. The Morgan fingerprint density at radius 1 is 1.32 bits per heavy atom. The maximum atomic E-state index is 11.9. The van der Waals surface area contributed by atoms with Crippen LogP contribution in [0.2, 0.25) is 0 Å². The molecule has 9 heteroatoms. The van der Waals surface area contributed by atoms with Crippen molar-refractivity contribution in [3.8, 4) is 0 Å². The van der Waals surface area contributed by atoms with Crippen LogP contribution < -0.4 is 5.32 Å².